The van der Waals surface area contributed by atoms with Crippen molar-refractivity contribution in [1.29, 1.82) is 0 Å². The van der Waals surface area contributed by atoms with Crippen molar-refractivity contribution in [3.63, 3.8) is 0 Å². The van der Waals surface area contributed by atoms with Crippen LogP contribution in [0, 0.1) is 11.3 Å². The van der Waals surface area contributed by atoms with Gasteiger partial charge in [0.1, 0.15) is 24.4 Å². The highest BCUT2D eigenvalue weighted by atomic mass is 16.5. The Balaban J connectivity index is 1.43. The van der Waals surface area contributed by atoms with E-state index in [1.165, 1.54) is 0 Å². The van der Waals surface area contributed by atoms with Gasteiger partial charge in [0, 0.05) is 51.2 Å². The van der Waals surface area contributed by atoms with E-state index in [1.807, 2.05) is 86.3 Å². The number of piperidine rings is 1. The summed E-state index contributed by atoms with van der Waals surface area (Å²) in [4.78, 5) is 59.4. The van der Waals surface area contributed by atoms with Crippen molar-refractivity contribution in [2.24, 2.45) is 28.5 Å². The molecule has 13 heteroatoms. The van der Waals surface area contributed by atoms with Gasteiger partial charge in [0.2, 0.25) is 23.6 Å². The molecule has 1 unspecified atom stereocenters. The molecule has 2 heterocycles. The van der Waals surface area contributed by atoms with Gasteiger partial charge in [-0.15, -0.1) is 0 Å². The third kappa shape index (κ3) is 12.3. The number of benzene rings is 2. The van der Waals surface area contributed by atoms with Gasteiger partial charge in [-0.1, -0.05) is 74.5 Å². The largest absolute Gasteiger partial charge is 0.365 e. The minimum absolute atomic E-state index is 0.0457. The van der Waals surface area contributed by atoms with E-state index in [0.29, 0.717) is 45.3 Å². The first-order valence-electron chi connectivity index (χ1n) is 19.6. The second-order valence-electron chi connectivity index (χ2n) is 15.8. The first kappa shape index (κ1) is 42.9. The Bertz CT molecular complexity index is 1480. The van der Waals surface area contributed by atoms with Crippen LogP contribution in [0.1, 0.15) is 70.4 Å². The molecular formula is C41H64N8O5. The number of hydrogen-bond donors (Lipinski definition) is 6. The molecule has 298 valence electrons. The summed E-state index contributed by atoms with van der Waals surface area (Å²) in [7, 11) is 1.68. The van der Waals surface area contributed by atoms with E-state index >= 15 is 0 Å². The van der Waals surface area contributed by atoms with Crippen LogP contribution in [0.2, 0.25) is 0 Å². The molecule has 2 aliphatic heterocycles. The Morgan fingerprint density at radius 2 is 1.30 bits per heavy atom. The fourth-order valence-corrected chi connectivity index (χ4v) is 7.70. The highest BCUT2D eigenvalue weighted by Crippen LogP contribution is 2.41. The second kappa shape index (κ2) is 20.7. The Labute approximate surface area is 321 Å². The number of carbonyl (C=O) groups excluding carboxylic acids is 4. The molecule has 6 atom stereocenters. The molecule has 0 radical (unpaired) electrons. The fourth-order valence-electron chi connectivity index (χ4n) is 7.70. The number of ether oxygens (including phenoxy) is 1. The summed E-state index contributed by atoms with van der Waals surface area (Å²) in [6.07, 6.45) is 4.43. The van der Waals surface area contributed by atoms with Gasteiger partial charge in [-0.2, -0.15) is 0 Å². The molecule has 2 saturated heterocycles. The monoisotopic (exact) mass is 748 g/mol. The number of amides is 4. The molecule has 0 bridgehead atoms. The van der Waals surface area contributed by atoms with Crippen LogP contribution in [0.25, 0.3) is 0 Å². The van der Waals surface area contributed by atoms with Crippen LogP contribution in [0.5, 0.6) is 0 Å². The highest BCUT2D eigenvalue weighted by Gasteiger charge is 2.48. The molecule has 0 aromatic heterocycles. The van der Waals surface area contributed by atoms with Crippen LogP contribution in [0.3, 0.4) is 0 Å². The third-order valence-corrected chi connectivity index (χ3v) is 10.7. The summed E-state index contributed by atoms with van der Waals surface area (Å²) in [6.45, 7) is 9.34. The molecule has 0 saturated carbocycles. The molecule has 1 spiro atoms. The van der Waals surface area contributed by atoms with Gasteiger partial charge in [0.15, 0.2) is 0 Å². The number of unbranched alkanes of at least 4 members (excludes halogenated alkanes) is 1. The quantitative estimate of drug-likeness (QED) is 0.109. The van der Waals surface area contributed by atoms with Crippen LogP contribution in [0.15, 0.2) is 60.7 Å². The molecule has 4 amide bonds. The van der Waals surface area contributed by atoms with Gasteiger partial charge >= 0.3 is 0 Å². The number of rotatable bonds is 20. The number of nitrogens with zero attached hydrogens (tertiary/aromatic N) is 2. The van der Waals surface area contributed by atoms with Crippen molar-refractivity contribution in [1.82, 2.24) is 25.8 Å². The first-order valence-corrected chi connectivity index (χ1v) is 19.6. The van der Waals surface area contributed by atoms with Gasteiger partial charge in [-0.3, -0.25) is 24.1 Å². The van der Waals surface area contributed by atoms with Crippen LogP contribution in [-0.2, 0) is 36.8 Å². The minimum atomic E-state index is -0.984. The van der Waals surface area contributed by atoms with Gasteiger partial charge in [-0.05, 0) is 75.5 Å². The van der Waals surface area contributed by atoms with Crippen molar-refractivity contribution >= 4 is 23.6 Å². The minimum Gasteiger partial charge on any atom is -0.365 e. The fraction of sp³-hybridized carbons (Fsp3) is 0.610. The standard InChI is InChI=1S/C41H64N8O5/c1-28(2)23-34(47-38(52)35(25-31-15-9-6-10-16-31)46-36(50)32(44)24-30-13-7-5-8-14-30)37(51)45-33(17-11-12-20-42)39(53)49-26-41(27-49)18-21-48(22-19-41)40(54-4)29(3)43/h5-10,13-16,28-29,32-35,40H,11-12,17-27,42-44H2,1-4H3,(H,45,51)(H,46,50)(H,47,52)/t29-,32-,33-,34-,35-,40?/m1/s1. The predicted molar refractivity (Wildman–Crippen MR) is 211 cm³/mol. The van der Waals surface area contributed by atoms with Crippen molar-refractivity contribution in [2.45, 2.75) is 109 Å². The zero-order valence-corrected chi connectivity index (χ0v) is 32.7. The second-order valence-corrected chi connectivity index (χ2v) is 15.8. The lowest BCUT2D eigenvalue weighted by Crippen LogP contribution is -2.66. The van der Waals surface area contributed by atoms with Crippen molar-refractivity contribution in [2.75, 3.05) is 39.8 Å². The molecule has 9 N–H and O–H groups in total. The van der Waals surface area contributed by atoms with E-state index in [9.17, 15) is 19.2 Å². The zero-order chi connectivity index (χ0) is 39.3. The van der Waals surface area contributed by atoms with Gasteiger partial charge in [0.25, 0.3) is 0 Å². The lowest BCUT2D eigenvalue weighted by molar-refractivity contribution is -0.154. The molecule has 2 aliphatic rings. The number of methoxy groups -OCH3 is 1. The van der Waals surface area contributed by atoms with E-state index in [-0.39, 0.29) is 35.9 Å². The van der Waals surface area contributed by atoms with E-state index in [1.54, 1.807) is 7.11 Å². The number of nitrogens with two attached hydrogens (primary N) is 3. The Morgan fingerprint density at radius 3 is 1.83 bits per heavy atom. The molecular weight excluding hydrogens is 685 g/mol. The molecule has 54 heavy (non-hydrogen) atoms. The van der Waals surface area contributed by atoms with Crippen LogP contribution < -0.4 is 33.2 Å². The maximum absolute atomic E-state index is 14.0. The molecule has 2 aromatic rings. The SMILES string of the molecule is COC([C@@H](C)N)N1CCC2(CC1)CN(C(=O)[C@@H](CCCCN)NC(=O)[C@@H](CC(C)C)NC(=O)[C@@H](Cc1ccccc1)NC(=O)[C@H](N)Cc1ccccc1)C2. The lowest BCUT2D eigenvalue weighted by atomic mass is 9.71. The van der Waals surface area contributed by atoms with Gasteiger partial charge in [-0.25, -0.2) is 0 Å². The maximum atomic E-state index is 14.0. The van der Waals surface area contributed by atoms with E-state index < -0.39 is 41.9 Å². The summed E-state index contributed by atoms with van der Waals surface area (Å²) < 4.78 is 5.64. The van der Waals surface area contributed by atoms with Crippen LogP contribution >= 0.6 is 0 Å². The van der Waals surface area contributed by atoms with Gasteiger partial charge < -0.3 is 42.8 Å². The predicted octanol–water partition coefficient (Wildman–Crippen LogP) is 1.67. The molecule has 0 aliphatic carbocycles. The molecule has 4 rings (SSSR count). The Morgan fingerprint density at radius 1 is 0.759 bits per heavy atom. The average molecular weight is 749 g/mol. The third-order valence-electron chi connectivity index (χ3n) is 10.7. The highest BCUT2D eigenvalue weighted by molar-refractivity contribution is 5.95. The Kier molecular flexibility index (Phi) is 16.4. The van der Waals surface area contributed by atoms with Crippen molar-refractivity contribution < 1.29 is 23.9 Å². The summed E-state index contributed by atoms with van der Waals surface area (Å²) in [5, 5.41) is 8.80. The molecule has 2 aromatic carbocycles. The number of carbonyl (C=O) groups is 4. The van der Waals surface area contributed by atoms with Crippen LogP contribution in [0.4, 0.5) is 0 Å². The van der Waals surface area contributed by atoms with E-state index in [4.69, 9.17) is 21.9 Å². The summed E-state index contributed by atoms with van der Waals surface area (Å²) in [5.41, 5.74) is 20.0. The number of likely N-dealkylation sites (tertiary alicyclic amines) is 2. The molecule has 13 nitrogen and oxygen atoms in total. The topological polar surface area (TPSA) is 198 Å². The first-order chi connectivity index (χ1) is 25.8. The summed E-state index contributed by atoms with van der Waals surface area (Å²) in [6, 6.07) is 15.2. The van der Waals surface area contributed by atoms with E-state index in [2.05, 4.69) is 20.9 Å². The maximum Gasteiger partial charge on any atom is 0.245 e. The van der Waals surface area contributed by atoms with E-state index in [0.717, 1.165) is 43.5 Å². The number of hydrogen-bond acceptors (Lipinski definition) is 9. The Hall–Kier alpha value is -3.88. The lowest BCUT2D eigenvalue weighted by Gasteiger charge is -2.55. The summed E-state index contributed by atoms with van der Waals surface area (Å²) >= 11 is 0. The zero-order valence-electron chi connectivity index (χ0n) is 32.7. The van der Waals surface area contributed by atoms with Crippen molar-refractivity contribution in [3.8, 4) is 0 Å². The number of nitrogens with one attached hydrogen (secondary N) is 3. The van der Waals surface area contributed by atoms with Crippen LogP contribution in [-0.4, -0.2) is 110 Å². The molecule has 2 fully saturated rings. The summed E-state index contributed by atoms with van der Waals surface area (Å²) in [5.74, 6) is -1.46. The average Bonchev–Trinajstić information content (AvgIpc) is 3.13. The van der Waals surface area contributed by atoms with Crippen molar-refractivity contribution in [3.05, 3.63) is 71.8 Å². The van der Waals surface area contributed by atoms with Gasteiger partial charge in [0.05, 0.1) is 6.04 Å². The normalized spacial score (nSPS) is 18.9. The smallest absolute Gasteiger partial charge is 0.245 e.